The number of hydrogen-bond acceptors (Lipinski definition) is 3. The van der Waals surface area contributed by atoms with E-state index in [4.69, 9.17) is 11.6 Å². The SMILES string of the molecule is CCN(C(=O)C1CC1)C(C)c1nc2cc(Cl)ccc2c(=O)n1C. The Morgan fingerprint density at radius 3 is 2.78 bits per heavy atom. The Bertz CT molecular complexity index is 826. The Morgan fingerprint density at radius 1 is 1.48 bits per heavy atom. The van der Waals surface area contributed by atoms with Crippen LogP contribution in [0.1, 0.15) is 38.6 Å². The fraction of sp³-hybridized carbons (Fsp3) is 0.471. The Hall–Kier alpha value is -1.88. The maximum atomic E-state index is 12.6. The van der Waals surface area contributed by atoms with Crippen LogP contribution in [0.25, 0.3) is 10.9 Å². The van der Waals surface area contributed by atoms with E-state index in [1.165, 1.54) is 4.57 Å². The molecule has 0 saturated heterocycles. The average molecular weight is 334 g/mol. The van der Waals surface area contributed by atoms with Crippen LogP contribution in [0.15, 0.2) is 23.0 Å². The molecule has 5 nitrogen and oxygen atoms in total. The number of benzene rings is 1. The van der Waals surface area contributed by atoms with Crippen molar-refractivity contribution in [2.75, 3.05) is 6.54 Å². The molecule has 23 heavy (non-hydrogen) atoms. The Kier molecular flexibility index (Phi) is 4.15. The molecule has 0 spiro atoms. The summed E-state index contributed by atoms with van der Waals surface area (Å²) >= 11 is 6.02. The number of carbonyl (C=O) groups excluding carboxylic acids is 1. The summed E-state index contributed by atoms with van der Waals surface area (Å²) in [6.07, 6.45) is 1.92. The third-order valence-electron chi connectivity index (χ3n) is 4.47. The second-order valence-corrected chi connectivity index (χ2v) is 6.51. The lowest BCUT2D eigenvalue weighted by atomic mass is 10.2. The molecule has 3 rings (SSSR count). The van der Waals surface area contributed by atoms with Crippen LogP contribution in [0.3, 0.4) is 0 Å². The molecule has 1 fully saturated rings. The van der Waals surface area contributed by atoms with E-state index in [-0.39, 0.29) is 23.4 Å². The Balaban J connectivity index is 2.08. The predicted octanol–water partition coefficient (Wildman–Crippen LogP) is 2.91. The summed E-state index contributed by atoms with van der Waals surface area (Å²) in [6, 6.07) is 4.81. The largest absolute Gasteiger partial charge is 0.333 e. The molecule has 1 saturated carbocycles. The molecule has 1 aromatic carbocycles. The summed E-state index contributed by atoms with van der Waals surface area (Å²) in [5.74, 6) is 0.880. The lowest BCUT2D eigenvalue weighted by Crippen LogP contribution is -2.37. The van der Waals surface area contributed by atoms with E-state index in [9.17, 15) is 9.59 Å². The van der Waals surface area contributed by atoms with Gasteiger partial charge in [-0.25, -0.2) is 4.98 Å². The van der Waals surface area contributed by atoms with Gasteiger partial charge in [0.2, 0.25) is 5.91 Å². The van der Waals surface area contributed by atoms with Crippen molar-refractivity contribution in [3.8, 4) is 0 Å². The third kappa shape index (κ3) is 2.85. The molecule has 0 aliphatic heterocycles. The van der Waals surface area contributed by atoms with Gasteiger partial charge in [0.05, 0.1) is 16.9 Å². The summed E-state index contributed by atoms with van der Waals surface area (Å²) in [7, 11) is 1.70. The van der Waals surface area contributed by atoms with Gasteiger partial charge in [-0.2, -0.15) is 0 Å². The number of aromatic nitrogens is 2. The van der Waals surface area contributed by atoms with Crippen LogP contribution in [0.5, 0.6) is 0 Å². The molecule has 0 radical (unpaired) electrons. The maximum Gasteiger partial charge on any atom is 0.261 e. The second kappa shape index (κ2) is 5.96. The average Bonchev–Trinajstić information content (AvgIpc) is 3.35. The summed E-state index contributed by atoms with van der Waals surface area (Å²) in [5.41, 5.74) is 0.445. The number of halogens is 1. The standard InChI is InChI=1S/C17H20ClN3O2/c1-4-21(16(22)11-5-6-11)10(2)15-19-14-9-12(18)7-8-13(14)17(23)20(15)3/h7-11H,4-6H2,1-3H3. The minimum Gasteiger partial charge on any atom is -0.333 e. The second-order valence-electron chi connectivity index (χ2n) is 6.07. The molecule has 122 valence electrons. The van der Waals surface area contributed by atoms with E-state index in [2.05, 4.69) is 4.98 Å². The molecule has 1 heterocycles. The van der Waals surface area contributed by atoms with Gasteiger partial charge >= 0.3 is 0 Å². The number of nitrogens with zero attached hydrogens (tertiary/aromatic N) is 3. The smallest absolute Gasteiger partial charge is 0.261 e. The van der Waals surface area contributed by atoms with Crippen LogP contribution < -0.4 is 5.56 Å². The molecule has 1 aliphatic carbocycles. The minimum absolute atomic E-state index is 0.122. The van der Waals surface area contributed by atoms with E-state index in [1.807, 2.05) is 13.8 Å². The van der Waals surface area contributed by atoms with Crippen molar-refractivity contribution in [2.45, 2.75) is 32.7 Å². The summed E-state index contributed by atoms with van der Waals surface area (Å²) in [5, 5.41) is 1.07. The van der Waals surface area contributed by atoms with Crippen LogP contribution in [0.2, 0.25) is 5.02 Å². The van der Waals surface area contributed by atoms with Gasteiger partial charge in [0.15, 0.2) is 0 Å². The predicted molar refractivity (Wildman–Crippen MR) is 90.5 cm³/mol. The maximum absolute atomic E-state index is 12.6. The molecule has 6 heteroatoms. The quantitative estimate of drug-likeness (QED) is 0.864. The van der Waals surface area contributed by atoms with Gasteiger partial charge in [-0.05, 0) is 44.9 Å². The van der Waals surface area contributed by atoms with Crippen molar-refractivity contribution in [1.82, 2.24) is 14.5 Å². The first-order valence-electron chi connectivity index (χ1n) is 7.90. The summed E-state index contributed by atoms with van der Waals surface area (Å²) in [6.45, 7) is 4.47. The summed E-state index contributed by atoms with van der Waals surface area (Å²) < 4.78 is 1.53. The first-order chi connectivity index (χ1) is 10.9. The van der Waals surface area contributed by atoms with Gasteiger partial charge in [-0.3, -0.25) is 14.2 Å². The molecule has 1 atom stereocenters. The van der Waals surface area contributed by atoms with E-state index in [0.29, 0.717) is 28.3 Å². The Labute approximate surface area is 139 Å². The van der Waals surface area contributed by atoms with Gasteiger partial charge in [-0.1, -0.05) is 11.6 Å². The van der Waals surface area contributed by atoms with Crippen molar-refractivity contribution in [3.05, 3.63) is 39.4 Å². The van der Waals surface area contributed by atoms with E-state index in [1.54, 1.807) is 30.1 Å². The molecule has 2 aromatic rings. The van der Waals surface area contributed by atoms with E-state index >= 15 is 0 Å². The molecule has 1 unspecified atom stereocenters. The van der Waals surface area contributed by atoms with Crippen LogP contribution in [0, 0.1) is 5.92 Å². The number of hydrogen-bond donors (Lipinski definition) is 0. The fourth-order valence-corrected chi connectivity index (χ4v) is 3.13. The third-order valence-corrected chi connectivity index (χ3v) is 4.70. The molecule has 1 aliphatic rings. The number of rotatable bonds is 4. The van der Waals surface area contributed by atoms with E-state index < -0.39 is 0 Å². The van der Waals surface area contributed by atoms with Crippen molar-refractivity contribution in [3.63, 3.8) is 0 Å². The van der Waals surface area contributed by atoms with Crippen molar-refractivity contribution >= 4 is 28.4 Å². The van der Waals surface area contributed by atoms with Crippen molar-refractivity contribution < 1.29 is 4.79 Å². The zero-order valence-electron chi connectivity index (χ0n) is 13.5. The van der Waals surface area contributed by atoms with Crippen molar-refractivity contribution in [1.29, 1.82) is 0 Å². The van der Waals surface area contributed by atoms with Gasteiger partial charge in [0.1, 0.15) is 5.82 Å². The highest BCUT2D eigenvalue weighted by Crippen LogP contribution is 2.33. The molecule has 0 N–H and O–H groups in total. The normalized spacial score (nSPS) is 15.7. The topological polar surface area (TPSA) is 55.2 Å². The fourth-order valence-electron chi connectivity index (χ4n) is 2.96. The molecular formula is C17H20ClN3O2. The monoisotopic (exact) mass is 333 g/mol. The van der Waals surface area contributed by atoms with Gasteiger partial charge in [-0.15, -0.1) is 0 Å². The van der Waals surface area contributed by atoms with Crippen LogP contribution >= 0.6 is 11.6 Å². The summed E-state index contributed by atoms with van der Waals surface area (Å²) in [4.78, 5) is 31.4. The van der Waals surface area contributed by atoms with Gasteiger partial charge < -0.3 is 4.90 Å². The Morgan fingerprint density at radius 2 is 2.17 bits per heavy atom. The zero-order chi connectivity index (χ0) is 16.7. The highest BCUT2D eigenvalue weighted by atomic mass is 35.5. The molecule has 0 bridgehead atoms. The highest BCUT2D eigenvalue weighted by Gasteiger charge is 2.35. The molecule has 1 aromatic heterocycles. The van der Waals surface area contributed by atoms with E-state index in [0.717, 1.165) is 12.8 Å². The molecule has 1 amide bonds. The van der Waals surface area contributed by atoms with Crippen LogP contribution in [-0.2, 0) is 11.8 Å². The first kappa shape index (κ1) is 16.0. The molecular weight excluding hydrogens is 314 g/mol. The van der Waals surface area contributed by atoms with Crippen LogP contribution in [0.4, 0.5) is 0 Å². The van der Waals surface area contributed by atoms with Crippen molar-refractivity contribution in [2.24, 2.45) is 13.0 Å². The number of fused-ring (bicyclic) bond motifs is 1. The van der Waals surface area contributed by atoms with Crippen LogP contribution in [-0.4, -0.2) is 26.9 Å². The highest BCUT2D eigenvalue weighted by molar-refractivity contribution is 6.31. The number of amides is 1. The number of carbonyl (C=O) groups is 1. The first-order valence-corrected chi connectivity index (χ1v) is 8.28. The zero-order valence-corrected chi connectivity index (χ0v) is 14.3. The van der Waals surface area contributed by atoms with Gasteiger partial charge in [0.25, 0.3) is 5.56 Å². The lowest BCUT2D eigenvalue weighted by molar-refractivity contribution is -0.134. The minimum atomic E-state index is -0.255. The van der Waals surface area contributed by atoms with Gasteiger partial charge in [0, 0.05) is 24.5 Å². The lowest BCUT2D eigenvalue weighted by Gasteiger charge is -2.29.